The second kappa shape index (κ2) is 8.26. The van der Waals surface area contributed by atoms with Crippen molar-refractivity contribution < 1.29 is 32.8 Å². The molecule has 0 saturated carbocycles. The number of aromatic nitrogens is 4. The van der Waals surface area contributed by atoms with Gasteiger partial charge in [0.1, 0.15) is 24.7 Å². The Labute approximate surface area is 171 Å². The maximum absolute atomic E-state index is 12.3. The Morgan fingerprint density at radius 3 is 2.77 bits per heavy atom. The van der Waals surface area contributed by atoms with Crippen LogP contribution in [0.3, 0.4) is 0 Å². The van der Waals surface area contributed by atoms with Gasteiger partial charge in [-0.25, -0.2) is 15.0 Å². The number of rotatable bonds is 7. The number of fused-ring (bicyclic) bond motifs is 1. The maximum Gasteiger partial charge on any atom is 0.579 e. The lowest BCUT2D eigenvalue weighted by molar-refractivity contribution is -0.0229. The molecule has 3 unspecified atom stereocenters. The van der Waals surface area contributed by atoms with Gasteiger partial charge < -0.3 is 15.4 Å². The summed E-state index contributed by atoms with van der Waals surface area (Å²) in [4.78, 5) is 42.2. The molecular formula is C16H20N5O7P2+. The van der Waals surface area contributed by atoms with E-state index in [1.807, 2.05) is 0 Å². The van der Waals surface area contributed by atoms with Crippen molar-refractivity contribution in [3.8, 4) is 0 Å². The van der Waals surface area contributed by atoms with Gasteiger partial charge in [0.2, 0.25) is 0 Å². The minimum atomic E-state index is -4.56. The third-order valence-electron chi connectivity index (χ3n) is 4.51. The van der Waals surface area contributed by atoms with Crippen molar-refractivity contribution in [3.05, 3.63) is 43.0 Å². The van der Waals surface area contributed by atoms with Crippen LogP contribution < -0.4 is 11.0 Å². The highest BCUT2D eigenvalue weighted by Gasteiger charge is 2.49. The summed E-state index contributed by atoms with van der Waals surface area (Å²) in [6.07, 6.45) is 3.11. The summed E-state index contributed by atoms with van der Waals surface area (Å²) in [6, 6.07) is 7.40. The molecule has 0 bridgehead atoms. The standard InChI is InChI=1S/C16H19N5O7P2/c17-15-14-16(19-9-18-15)21(10-20-14)13-7-6-11(27-13)8-26-30(24,25)28-29(22,23)12-4-2-1-3-5-12/h1-5,9-11,13,24-25H,6-8H2,(H2-,17,18,19,22,23)/p+1. The normalized spacial score (nSPS) is 21.7. The summed E-state index contributed by atoms with van der Waals surface area (Å²) >= 11 is 0. The summed E-state index contributed by atoms with van der Waals surface area (Å²) in [6.45, 7) is -0.240. The molecule has 160 valence electrons. The van der Waals surface area contributed by atoms with Gasteiger partial charge in [0.15, 0.2) is 11.5 Å². The fourth-order valence-electron chi connectivity index (χ4n) is 3.11. The zero-order chi connectivity index (χ0) is 21.4. The Balaban J connectivity index is 1.36. The van der Waals surface area contributed by atoms with Gasteiger partial charge in [-0.1, -0.05) is 22.5 Å². The summed E-state index contributed by atoms with van der Waals surface area (Å²) in [5, 5.41) is -0.0773. The van der Waals surface area contributed by atoms with E-state index in [0.29, 0.717) is 24.0 Å². The molecule has 3 atom stereocenters. The fraction of sp³-hybridized carbons (Fsp3) is 0.312. The number of benzene rings is 1. The number of nitrogens with two attached hydrogens (primary N) is 1. The van der Waals surface area contributed by atoms with Gasteiger partial charge in [-0.05, 0) is 25.0 Å². The SMILES string of the molecule is Nc1ncnc2c1ncn2C1CCC(CO[P+](O)(O)OP(=O)(O)c2ccccc2)O1. The van der Waals surface area contributed by atoms with Crippen LogP contribution in [0.1, 0.15) is 19.1 Å². The van der Waals surface area contributed by atoms with E-state index < -0.39 is 28.1 Å². The first kappa shape index (κ1) is 21.2. The zero-order valence-corrected chi connectivity index (χ0v) is 17.3. The molecule has 2 aromatic heterocycles. The number of ether oxygens (including phenoxy) is 1. The summed E-state index contributed by atoms with van der Waals surface area (Å²) < 4.78 is 29.5. The highest BCUT2D eigenvalue weighted by atomic mass is 31.3. The van der Waals surface area contributed by atoms with Crippen molar-refractivity contribution in [1.82, 2.24) is 19.5 Å². The van der Waals surface area contributed by atoms with Crippen LogP contribution in [0, 0.1) is 0 Å². The number of nitrogen functional groups attached to an aromatic ring is 1. The van der Waals surface area contributed by atoms with E-state index in [1.165, 1.54) is 30.6 Å². The van der Waals surface area contributed by atoms with Crippen LogP contribution in [0.4, 0.5) is 5.82 Å². The smallest absolute Gasteiger partial charge is 0.382 e. The van der Waals surface area contributed by atoms with Crippen LogP contribution in [0.15, 0.2) is 43.0 Å². The van der Waals surface area contributed by atoms with Gasteiger partial charge in [0.05, 0.1) is 17.7 Å². The molecular weight excluding hydrogens is 436 g/mol. The molecule has 1 aliphatic heterocycles. The predicted molar refractivity (Wildman–Crippen MR) is 107 cm³/mol. The number of nitrogens with zero attached hydrogens (tertiary/aromatic N) is 4. The largest absolute Gasteiger partial charge is 0.579 e. The molecule has 4 rings (SSSR count). The molecule has 0 aliphatic carbocycles. The average molecular weight is 456 g/mol. The quantitative estimate of drug-likeness (QED) is 0.377. The minimum Gasteiger partial charge on any atom is -0.382 e. The van der Waals surface area contributed by atoms with E-state index in [9.17, 15) is 19.2 Å². The molecule has 5 N–H and O–H groups in total. The van der Waals surface area contributed by atoms with Crippen LogP contribution in [-0.2, 0) is 18.1 Å². The highest BCUT2D eigenvalue weighted by Crippen LogP contribution is 2.64. The molecule has 12 nitrogen and oxygen atoms in total. The van der Waals surface area contributed by atoms with Crippen LogP contribution >= 0.6 is 15.8 Å². The molecule has 1 saturated heterocycles. The van der Waals surface area contributed by atoms with E-state index in [1.54, 1.807) is 17.0 Å². The van der Waals surface area contributed by atoms with Gasteiger partial charge >= 0.3 is 15.8 Å². The van der Waals surface area contributed by atoms with E-state index in [-0.39, 0.29) is 17.7 Å². The second-order valence-corrected chi connectivity index (χ2v) is 10.0. The molecule has 0 spiro atoms. The number of imidazole rings is 1. The Bertz CT molecular complexity index is 1080. The van der Waals surface area contributed by atoms with Crippen LogP contribution in [0.2, 0.25) is 0 Å². The van der Waals surface area contributed by atoms with E-state index >= 15 is 0 Å². The number of anilines is 1. The summed E-state index contributed by atoms with van der Waals surface area (Å²) in [7, 11) is -9.02. The number of hydrogen-bond donors (Lipinski definition) is 4. The van der Waals surface area contributed by atoms with Crippen molar-refractivity contribution in [3.63, 3.8) is 0 Å². The van der Waals surface area contributed by atoms with Crippen molar-refractivity contribution in [2.45, 2.75) is 25.2 Å². The molecule has 30 heavy (non-hydrogen) atoms. The molecule has 0 radical (unpaired) electrons. The molecule has 0 amide bonds. The topological polar surface area (TPSA) is 175 Å². The lowest BCUT2D eigenvalue weighted by Crippen LogP contribution is -2.18. The van der Waals surface area contributed by atoms with Gasteiger partial charge in [-0.2, -0.15) is 14.3 Å². The fourth-order valence-corrected chi connectivity index (χ4v) is 5.73. The lowest BCUT2D eigenvalue weighted by Gasteiger charge is -2.17. The molecule has 1 fully saturated rings. The van der Waals surface area contributed by atoms with Crippen LogP contribution in [-0.4, -0.2) is 46.9 Å². The van der Waals surface area contributed by atoms with Gasteiger partial charge in [0.25, 0.3) is 0 Å². The zero-order valence-electron chi connectivity index (χ0n) is 15.6. The Hall–Kier alpha value is -2.01. The van der Waals surface area contributed by atoms with Crippen LogP contribution in [0.5, 0.6) is 0 Å². The Morgan fingerprint density at radius 2 is 2.00 bits per heavy atom. The van der Waals surface area contributed by atoms with E-state index in [2.05, 4.69) is 19.3 Å². The van der Waals surface area contributed by atoms with Crippen molar-refractivity contribution in [2.75, 3.05) is 12.3 Å². The van der Waals surface area contributed by atoms with E-state index in [4.69, 9.17) is 15.0 Å². The third-order valence-corrected chi connectivity index (χ3v) is 7.68. The van der Waals surface area contributed by atoms with Gasteiger partial charge in [-0.3, -0.25) is 9.13 Å². The van der Waals surface area contributed by atoms with Gasteiger partial charge in [-0.15, -0.1) is 0 Å². The minimum absolute atomic E-state index is 0.0773. The molecule has 1 aromatic carbocycles. The Morgan fingerprint density at radius 1 is 1.23 bits per heavy atom. The van der Waals surface area contributed by atoms with Crippen molar-refractivity contribution >= 4 is 38.1 Å². The second-order valence-electron chi connectivity index (χ2n) is 6.60. The first-order chi connectivity index (χ1) is 14.3. The van der Waals surface area contributed by atoms with Crippen molar-refractivity contribution in [2.24, 2.45) is 0 Å². The van der Waals surface area contributed by atoms with Gasteiger partial charge in [0, 0.05) is 0 Å². The molecule has 1 aliphatic rings. The van der Waals surface area contributed by atoms with E-state index in [0.717, 1.165) is 0 Å². The van der Waals surface area contributed by atoms with Crippen LogP contribution in [0.25, 0.3) is 11.2 Å². The molecule has 3 aromatic rings. The first-order valence-electron chi connectivity index (χ1n) is 8.92. The predicted octanol–water partition coefficient (Wildman–Crippen LogP) is 1.29. The molecule has 14 heteroatoms. The number of hydrogen-bond acceptors (Lipinski definition) is 10. The Kier molecular flexibility index (Phi) is 5.84. The highest BCUT2D eigenvalue weighted by molar-refractivity contribution is 7.71. The lowest BCUT2D eigenvalue weighted by atomic mass is 10.2. The summed E-state index contributed by atoms with van der Waals surface area (Å²) in [5.41, 5.74) is 6.77. The summed E-state index contributed by atoms with van der Waals surface area (Å²) in [5.74, 6) is 0.260. The average Bonchev–Trinajstić information content (AvgIpc) is 3.34. The van der Waals surface area contributed by atoms with Crippen molar-refractivity contribution in [1.29, 1.82) is 0 Å². The monoisotopic (exact) mass is 456 g/mol. The third kappa shape index (κ3) is 4.51. The molecule has 3 heterocycles. The maximum atomic E-state index is 12.3. The first-order valence-corrected chi connectivity index (χ1v) is 12.0.